The molecule has 0 saturated carbocycles. The number of H-pyrrole nitrogens is 1. The molecule has 0 amide bonds. The van der Waals surface area contributed by atoms with Crippen molar-refractivity contribution in [3.8, 4) is 22.5 Å². The van der Waals surface area contributed by atoms with Crippen LogP contribution in [0.3, 0.4) is 0 Å². The summed E-state index contributed by atoms with van der Waals surface area (Å²) >= 11 is 0. The summed E-state index contributed by atoms with van der Waals surface area (Å²) in [6.07, 6.45) is 3.89. The summed E-state index contributed by atoms with van der Waals surface area (Å²) in [6, 6.07) is 10.9. The number of hydrogen-bond acceptors (Lipinski definition) is 6. The Kier molecular flexibility index (Phi) is 5.46. The van der Waals surface area contributed by atoms with Gasteiger partial charge in [0, 0.05) is 46.5 Å². The van der Waals surface area contributed by atoms with E-state index in [1.54, 1.807) is 4.57 Å². The van der Waals surface area contributed by atoms with Crippen LogP contribution in [0.1, 0.15) is 44.7 Å². The van der Waals surface area contributed by atoms with Crippen LogP contribution < -0.4 is 16.2 Å². The zero-order chi connectivity index (χ0) is 25.0. The van der Waals surface area contributed by atoms with Crippen molar-refractivity contribution >= 4 is 16.9 Å². The van der Waals surface area contributed by atoms with E-state index in [9.17, 15) is 4.79 Å². The second kappa shape index (κ2) is 8.57. The van der Waals surface area contributed by atoms with E-state index >= 15 is 0 Å². The molecule has 36 heavy (non-hydrogen) atoms. The number of anilines is 1. The number of pyridine rings is 1. The van der Waals surface area contributed by atoms with Gasteiger partial charge in [-0.15, -0.1) is 0 Å². The number of nitrogens with one attached hydrogen (secondary N) is 3. The van der Waals surface area contributed by atoms with E-state index < -0.39 is 0 Å². The molecule has 3 aromatic heterocycles. The lowest BCUT2D eigenvalue weighted by atomic mass is 9.97. The minimum atomic E-state index is -0.210. The molecule has 0 unspecified atom stereocenters. The number of hydrogen-bond donors (Lipinski definition) is 3. The third-order valence-electron chi connectivity index (χ3n) is 7.08. The molecule has 1 saturated heterocycles. The highest BCUT2D eigenvalue weighted by molar-refractivity contribution is 5.97. The van der Waals surface area contributed by atoms with Gasteiger partial charge in [0.05, 0.1) is 42.7 Å². The van der Waals surface area contributed by atoms with E-state index in [1.165, 1.54) is 0 Å². The van der Waals surface area contributed by atoms with E-state index in [0.29, 0.717) is 18.5 Å². The van der Waals surface area contributed by atoms with Gasteiger partial charge in [0.1, 0.15) is 0 Å². The monoisotopic (exact) mass is 484 g/mol. The van der Waals surface area contributed by atoms with Crippen molar-refractivity contribution in [1.82, 2.24) is 24.8 Å². The van der Waals surface area contributed by atoms with Gasteiger partial charge in [0.2, 0.25) is 5.95 Å². The Hall–Kier alpha value is -3.49. The van der Waals surface area contributed by atoms with Crippen LogP contribution >= 0.6 is 0 Å². The Morgan fingerprint density at radius 2 is 2.06 bits per heavy atom. The lowest BCUT2D eigenvalue weighted by Crippen LogP contribution is -2.45. The van der Waals surface area contributed by atoms with Crippen LogP contribution in [0, 0.1) is 0 Å². The van der Waals surface area contributed by atoms with Crippen molar-refractivity contribution in [1.29, 1.82) is 0 Å². The summed E-state index contributed by atoms with van der Waals surface area (Å²) in [6.45, 7) is 11.2. The molecule has 5 heterocycles. The van der Waals surface area contributed by atoms with Crippen molar-refractivity contribution in [2.75, 3.05) is 18.5 Å². The summed E-state index contributed by atoms with van der Waals surface area (Å²) in [7, 11) is 0. The number of nitrogens with zero attached hydrogens (tertiary/aromatic N) is 3. The molecule has 0 aliphatic carbocycles. The molecule has 4 aromatic rings. The Labute approximate surface area is 210 Å². The molecule has 0 spiro atoms. The predicted octanol–water partition coefficient (Wildman–Crippen LogP) is 4.27. The number of aromatic amines is 1. The van der Waals surface area contributed by atoms with E-state index in [4.69, 9.17) is 14.7 Å². The van der Waals surface area contributed by atoms with Crippen molar-refractivity contribution in [3.63, 3.8) is 0 Å². The van der Waals surface area contributed by atoms with Gasteiger partial charge in [0.25, 0.3) is 5.56 Å². The SMILES string of the molecule is CC(C)c1c(-c2c[nH]c3ccc(-c4ccc(CNC5COC5)cn4)cc23)nc2n(c1=O)CC(C)(C)N2. The maximum absolute atomic E-state index is 13.5. The average Bonchev–Trinajstić information content (AvgIpc) is 3.37. The van der Waals surface area contributed by atoms with Gasteiger partial charge in [-0.05, 0) is 43.5 Å². The first kappa shape index (κ1) is 22.9. The molecular formula is C28H32N6O2. The number of aromatic nitrogens is 4. The number of ether oxygens (including phenoxy) is 1. The molecule has 0 bridgehead atoms. The molecular weight excluding hydrogens is 452 g/mol. The van der Waals surface area contributed by atoms with Gasteiger partial charge in [0.15, 0.2) is 0 Å². The first-order valence-corrected chi connectivity index (χ1v) is 12.6. The van der Waals surface area contributed by atoms with Crippen molar-refractivity contribution in [2.45, 2.75) is 58.3 Å². The van der Waals surface area contributed by atoms with Crippen molar-refractivity contribution < 1.29 is 4.74 Å². The summed E-state index contributed by atoms with van der Waals surface area (Å²) in [5.74, 6) is 0.679. The van der Waals surface area contributed by atoms with Crippen LogP contribution in [0.2, 0.25) is 0 Å². The maximum Gasteiger partial charge on any atom is 0.259 e. The summed E-state index contributed by atoms with van der Waals surface area (Å²) in [5, 5.41) is 7.92. The highest BCUT2D eigenvalue weighted by atomic mass is 16.5. The zero-order valence-corrected chi connectivity index (χ0v) is 21.2. The van der Waals surface area contributed by atoms with Crippen LogP contribution in [0.15, 0.2) is 47.5 Å². The number of fused-ring (bicyclic) bond motifs is 2. The maximum atomic E-state index is 13.5. The Balaban J connectivity index is 1.38. The highest BCUT2D eigenvalue weighted by Crippen LogP contribution is 2.36. The van der Waals surface area contributed by atoms with E-state index in [1.807, 2.05) is 12.4 Å². The fourth-order valence-corrected chi connectivity index (χ4v) is 5.07. The van der Waals surface area contributed by atoms with E-state index in [0.717, 1.165) is 64.3 Å². The quantitative estimate of drug-likeness (QED) is 0.378. The van der Waals surface area contributed by atoms with Crippen LogP contribution in [0.25, 0.3) is 33.4 Å². The summed E-state index contributed by atoms with van der Waals surface area (Å²) < 4.78 is 7.00. The Bertz CT molecular complexity index is 1500. The van der Waals surface area contributed by atoms with Gasteiger partial charge < -0.3 is 20.4 Å². The van der Waals surface area contributed by atoms with E-state index in [2.05, 4.69) is 73.6 Å². The van der Waals surface area contributed by atoms with Crippen LogP contribution in [0.5, 0.6) is 0 Å². The van der Waals surface area contributed by atoms with Gasteiger partial charge in [-0.1, -0.05) is 26.0 Å². The first-order valence-electron chi connectivity index (χ1n) is 12.6. The van der Waals surface area contributed by atoms with Gasteiger partial charge in [-0.25, -0.2) is 4.98 Å². The zero-order valence-electron chi connectivity index (χ0n) is 21.2. The topological polar surface area (TPSA) is 96.9 Å². The minimum absolute atomic E-state index is 0.0351. The first-order chi connectivity index (χ1) is 17.3. The minimum Gasteiger partial charge on any atom is -0.378 e. The fourth-order valence-electron chi connectivity index (χ4n) is 5.07. The molecule has 6 rings (SSSR count). The van der Waals surface area contributed by atoms with Crippen molar-refractivity contribution in [3.05, 3.63) is 64.2 Å². The predicted molar refractivity (Wildman–Crippen MR) is 142 cm³/mol. The number of rotatable bonds is 6. The van der Waals surface area contributed by atoms with Gasteiger partial charge >= 0.3 is 0 Å². The standard InChI is InChI=1S/C28H32N6O2/c1-16(2)24-25(32-27-33-28(3,4)15-34(27)26(24)35)21-12-31-23-8-6-18(9-20(21)23)22-7-5-17(11-30-22)10-29-19-13-36-14-19/h5-9,11-12,16,19,29,31H,10,13-15H2,1-4H3,(H,32,33). The molecule has 1 fully saturated rings. The molecule has 3 N–H and O–H groups in total. The molecule has 2 aliphatic rings. The third kappa shape index (κ3) is 4.00. The smallest absolute Gasteiger partial charge is 0.259 e. The van der Waals surface area contributed by atoms with Gasteiger partial charge in [-0.2, -0.15) is 0 Å². The van der Waals surface area contributed by atoms with Crippen LogP contribution in [0.4, 0.5) is 5.95 Å². The van der Waals surface area contributed by atoms with Crippen LogP contribution in [-0.4, -0.2) is 44.3 Å². The summed E-state index contributed by atoms with van der Waals surface area (Å²) in [5.41, 5.74) is 6.34. The Morgan fingerprint density at radius 3 is 2.75 bits per heavy atom. The lowest BCUT2D eigenvalue weighted by Gasteiger charge is -2.26. The molecule has 8 heteroatoms. The molecule has 0 radical (unpaired) electrons. The molecule has 8 nitrogen and oxygen atoms in total. The summed E-state index contributed by atoms with van der Waals surface area (Å²) in [4.78, 5) is 26.6. The molecule has 2 aliphatic heterocycles. The molecule has 0 atom stereocenters. The third-order valence-corrected chi connectivity index (χ3v) is 7.08. The number of benzene rings is 1. The Morgan fingerprint density at radius 1 is 1.22 bits per heavy atom. The lowest BCUT2D eigenvalue weighted by molar-refractivity contribution is -0.00579. The normalized spacial score (nSPS) is 16.8. The van der Waals surface area contributed by atoms with Gasteiger partial charge in [-0.3, -0.25) is 14.3 Å². The van der Waals surface area contributed by atoms with E-state index in [-0.39, 0.29) is 17.0 Å². The highest BCUT2D eigenvalue weighted by Gasteiger charge is 2.32. The largest absolute Gasteiger partial charge is 0.378 e. The van der Waals surface area contributed by atoms with Crippen molar-refractivity contribution in [2.24, 2.45) is 0 Å². The average molecular weight is 485 g/mol. The van der Waals surface area contributed by atoms with Crippen LogP contribution in [-0.2, 0) is 17.8 Å². The second-order valence-electron chi connectivity index (χ2n) is 10.9. The molecule has 1 aromatic carbocycles. The fraction of sp³-hybridized carbons (Fsp3) is 0.393. The molecule has 186 valence electrons. The second-order valence-corrected chi connectivity index (χ2v) is 10.9.